The third-order valence-electron chi connectivity index (χ3n) is 11.8. The normalized spacial score (nSPS) is 22.8. The van der Waals surface area contributed by atoms with Gasteiger partial charge in [-0.1, -0.05) is 76.9 Å². The summed E-state index contributed by atoms with van der Waals surface area (Å²) in [6.45, 7) is 14.9. The molecule has 5 nitrogen and oxygen atoms in total. The van der Waals surface area contributed by atoms with Gasteiger partial charge in [-0.25, -0.2) is 0 Å². The minimum atomic E-state index is -4.22. The molecule has 2 aromatic rings. The molecule has 276 valence electrons. The maximum atomic E-state index is 13.7. The van der Waals surface area contributed by atoms with E-state index in [4.69, 9.17) is 27.6 Å². The fraction of sp³-hybridized carbons (Fsp3) is 0.641. The summed E-state index contributed by atoms with van der Waals surface area (Å²) in [4.78, 5) is 30.2. The molecule has 2 heterocycles. The Labute approximate surface area is 307 Å². The maximum Gasteiger partial charge on any atom is 0.391 e. The summed E-state index contributed by atoms with van der Waals surface area (Å²) in [5.41, 5.74) is 4.45. The second kappa shape index (κ2) is 15.9. The van der Waals surface area contributed by atoms with E-state index in [-0.39, 0.29) is 55.8 Å². The van der Waals surface area contributed by atoms with Gasteiger partial charge in [0.15, 0.2) is 0 Å². The van der Waals surface area contributed by atoms with Crippen molar-refractivity contribution in [2.24, 2.45) is 11.8 Å². The van der Waals surface area contributed by atoms with Gasteiger partial charge in [-0.05, 0) is 109 Å². The number of amides is 2. The molecule has 3 fully saturated rings. The number of hydrogen-bond donors (Lipinski definition) is 0. The van der Waals surface area contributed by atoms with Crippen molar-refractivity contribution >= 4 is 43.3 Å². The fourth-order valence-corrected chi connectivity index (χ4v) is 15.4. The quantitative estimate of drug-likeness (QED) is 0.227. The monoisotopic (exact) mass is 752 g/mol. The van der Waals surface area contributed by atoms with Crippen molar-refractivity contribution in [2.45, 2.75) is 128 Å². The number of carbonyl (C=O) groups excluding carboxylic acids is 2. The van der Waals surface area contributed by atoms with Crippen molar-refractivity contribution in [1.82, 2.24) is 9.80 Å². The molecule has 50 heavy (non-hydrogen) atoms. The first-order chi connectivity index (χ1) is 23.5. The lowest BCUT2D eigenvalue weighted by Gasteiger charge is -2.46. The molecule has 0 radical (unpaired) electrons. The van der Waals surface area contributed by atoms with Gasteiger partial charge >= 0.3 is 6.18 Å². The predicted octanol–water partition coefficient (Wildman–Crippen LogP) is 11.0. The van der Waals surface area contributed by atoms with Crippen molar-refractivity contribution in [2.75, 3.05) is 19.6 Å². The lowest BCUT2D eigenvalue weighted by molar-refractivity contribution is -0.183. The molecule has 1 aliphatic carbocycles. The van der Waals surface area contributed by atoms with Crippen molar-refractivity contribution in [1.29, 1.82) is 0 Å². The topological polar surface area (TPSA) is 49.9 Å². The van der Waals surface area contributed by atoms with Crippen LogP contribution in [0.5, 0.6) is 0 Å². The Morgan fingerprint density at radius 1 is 0.820 bits per heavy atom. The van der Waals surface area contributed by atoms with E-state index in [1.54, 1.807) is 24.3 Å². The minimum Gasteiger partial charge on any atom is -0.413 e. The van der Waals surface area contributed by atoms with E-state index in [0.717, 1.165) is 55.3 Å². The van der Waals surface area contributed by atoms with Crippen LogP contribution in [-0.2, 0) is 15.6 Å². The second-order valence-electron chi connectivity index (χ2n) is 15.7. The molecular weight excluding hydrogens is 700 g/mol. The summed E-state index contributed by atoms with van der Waals surface area (Å²) in [7, 11) is -1.94. The molecule has 0 aromatic heterocycles. The smallest absolute Gasteiger partial charge is 0.391 e. The molecule has 0 unspecified atom stereocenters. The summed E-state index contributed by atoms with van der Waals surface area (Å²) in [6.07, 6.45) is 1.09. The molecule has 5 rings (SSSR count). The van der Waals surface area contributed by atoms with Gasteiger partial charge in [-0.2, -0.15) is 13.2 Å². The molecule has 1 saturated carbocycles. The van der Waals surface area contributed by atoms with E-state index in [9.17, 15) is 22.8 Å². The van der Waals surface area contributed by atoms with Crippen LogP contribution in [0.15, 0.2) is 36.4 Å². The molecule has 2 aromatic carbocycles. The molecule has 2 aliphatic heterocycles. The van der Waals surface area contributed by atoms with Crippen LogP contribution in [0.1, 0.15) is 102 Å². The van der Waals surface area contributed by atoms with Crippen LogP contribution in [0.25, 0.3) is 11.1 Å². The van der Waals surface area contributed by atoms with Crippen LogP contribution in [0.3, 0.4) is 0 Å². The number of likely N-dealkylation sites (tertiary alicyclic amines) is 2. The zero-order chi connectivity index (χ0) is 36.5. The van der Waals surface area contributed by atoms with Crippen LogP contribution < -0.4 is 0 Å². The molecule has 1 atom stereocenters. The van der Waals surface area contributed by atoms with Crippen LogP contribution in [0, 0.1) is 11.8 Å². The largest absolute Gasteiger partial charge is 0.413 e. The number of piperidine rings is 1. The summed E-state index contributed by atoms with van der Waals surface area (Å²) in [5, 5.41) is 0.995. The highest BCUT2D eigenvalue weighted by molar-refractivity contribution is 6.77. The third kappa shape index (κ3) is 8.26. The Kier molecular flexibility index (Phi) is 12.4. The summed E-state index contributed by atoms with van der Waals surface area (Å²) in [5.74, 6) is -1.61. The van der Waals surface area contributed by atoms with E-state index in [1.807, 2.05) is 12.1 Å². The molecule has 0 spiro atoms. The highest BCUT2D eigenvalue weighted by Crippen LogP contribution is 2.45. The van der Waals surface area contributed by atoms with Gasteiger partial charge in [-0.3, -0.25) is 9.59 Å². The van der Waals surface area contributed by atoms with Gasteiger partial charge < -0.3 is 14.2 Å². The van der Waals surface area contributed by atoms with Crippen molar-refractivity contribution in [3.05, 3.63) is 57.6 Å². The lowest BCUT2D eigenvalue weighted by atomic mass is 9.92. The number of carbonyl (C=O) groups is 2. The highest BCUT2D eigenvalue weighted by Gasteiger charge is 2.48. The zero-order valence-corrected chi connectivity index (χ0v) is 32.8. The van der Waals surface area contributed by atoms with E-state index >= 15 is 0 Å². The summed E-state index contributed by atoms with van der Waals surface area (Å²) >= 11 is 13.6. The lowest BCUT2D eigenvalue weighted by Crippen LogP contribution is -2.51. The van der Waals surface area contributed by atoms with E-state index in [0.29, 0.717) is 38.7 Å². The average Bonchev–Trinajstić information content (AvgIpc) is 3.43. The van der Waals surface area contributed by atoms with Crippen molar-refractivity contribution < 1.29 is 27.2 Å². The first kappa shape index (κ1) is 39.1. The molecule has 11 heteroatoms. The molecule has 2 amide bonds. The maximum absolute atomic E-state index is 13.7. The van der Waals surface area contributed by atoms with Gasteiger partial charge in [-0.15, -0.1) is 0 Å². The summed E-state index contributed by atoms with van der Waals surface area (Å²) < 4.78 is 46.2. The van der Waals surface area contributed by atoms with Crippen LogP contribution in [0.2, 0.25) is 26.7 Å². The molecule has 0 N–H and O–H groups in total. The van der Waals surface area contributed by atoms with Crippen LogP contribution >= 0.6 is 23.2 Å². The van der Waals surface area contributed by atoms with Gasteiger partial charge in [0.25, 0.3) is 5.91 Å². The average molecular weight is 754 g/mol. The second-order valence-corrected chi connectivity index (χ2v) is 21.9. The number of hydrogen-bond acceptors (Lipinski definition) is 3. The Bertz CT molecular complexity index is 1460. The molecular formula is C39H53Cl2F3N2O3Si. The van der Waals surface area contributed by atoms with E-state index in [2.05, 4.69) is 46.4 Å². The van der Waals surface area contributed by atoms with Gasteiger partial charge in [0.1, 0.15) is 0 Å². The Balaban J connectivity index is 1.17. The highest BCUT2D eigenvalue weighted by atomic mass is 35.5. The fourth-order valence-electron chi connectivity index (χ4n) is 9.10. The Morgan fingerprint density at radius 3 is 1.86 bits per heavy atom. The number of rotatable bonds is 10. The summed E-state index contributed by atoms with van der Waals surface area (Å²) in [6, 6.07) is 10.9. The minimum absolute atomic E-state index is 0.0744. The zero-order valence-electron chi connectivity index (χ0n) is 30.3. The third-order valence-corrected chi connectivity index (χ3v) is 18.6. The standard InChI is InChI=1S/C39H53Cl2F3N2O3Si/c1-24(2)50(25(3)4,26(5)6)49-33-13-11-32(12-14-33)46-20-15-29(38(46)48)21-34-35(40)22-30(23-36(34)41)27-7-9-28(10-8-27)37(47)45-18-16-31(17-19-45)39(42,43)44/h7-10,22-26,29,31-33H,11-21H2,1-6H3/t29-,32?,33?/m0/s1. The first-order valence-corrected chi connectivity index (χ1v) is 21.3. The van der Waals surface area contributed by atoms with Gasteiger partial charge in [0, 0.05) is 53.3 Å². The molecule has 3 aliphatic rings. The van der Waals surface area contributed by atoms with Gasteiger partial charge in [0.05, 0.1) is 5.92 Å². The van der Waals surface area contributed by atoms with Crippen LogP contribution in [0.4, 0.5) is 13.2 Å². The Morgan fingerprint density at radius 2 is 1.36 bits per heavy atom. The Hall–Kier alpha value is -2.07. The number of benzene rings is 2. The van der Waals surface area contributed by atoms with Crippen molar-refractivity contribution in [3.63, 3.8) is 0 Å². The van der Waals surface area contributed by atoms with Crippen LogP contribution in [-0.4, -0.2) is 67.9 Å². The molecule has 0 bridgehead atoms. The van der Waals surface area contributed by atoms with E-state index < -0.39 is 20.4 Å². The first-order valence-electron chi connectivity index (χ1n) is 18.5. The number of nitrogens with zero attached hydrogens (tertiary/aromatic N) is 2. The van der Waals surface area contributed by atoms with E-state index in [1.165, 1.54) is 4.90 Å². The SMILES string of the molecule is CC(C)[Si](OC1CCC(N2CC[C@@H](Cc3c(Cl)cc(-c4ccc(C(=O)N5CCC(C(F)(F)F)CC5)cc4)cc3Cl)C2=O)CC1)(C(C)C)C(C)C. The molecule has 2 saturated heterocycles. The van der Waals surface area contributed by atoms with Crippen molar-refractivity contribution in [3.8, 4) is 11.1 Å². The number of halogens is 5. The predicted molar refractivity (Wildman–Crippen MR) is 198 cm³/mol. The van der Waals surface area contributed by atoms with Gasteiger partial charge in [0.2, 0.25) is 14.2 Å². The number of alkyl halides is 3.